The van der Waals surface area contributed by atoms with E-state index in [1.807, 2.05) is 11.8 Å². The van der Waals surface area contributed by atoms with Crippen LogP contribution in [0.4, 0.5) is 0 Å². The van der Waals surface area contributed by atoms with E-state index in [0.717, 1.165) is 0 Å². The Morgan fingerprint density at radius 2 is 1.85 bits per heavy atom. The first-order valence-corrected chi connectivity index (χ1v) is 6.01. The van der Waals surface area contributed by atoms with E-state index in [2.05, 4.69) is 38.2 Å². The highest BCUT2D eigenvalue weighted by atomic mass is 32.2. The average Bonchev–Trinajstić information content (AvgIpc) is 2.27. The third kappa shape index (κ3) is 2.08. The van der Waals surface area contributed by atoms with Gasteiger partial charge < -0.3 is 0 Å². The molecule has 70 valence electrons. The molecule has 0 aromatic rings. The highest BCUT2D eigenvalue weighted by Crippen LogP contribution is 2.31. The van der Waals surface area contributed by atoms with Gasteiger partial charge in [-0.2, -0.15) is 11.8 Å². The zero-order chi connectivity index (χ0) is 9.31. The molecule has 2 rings (SSSR count). The van der Waals surface area contributed by atoms with E-state index in [0.29, 0.717) is 0 Å². The van der Waals surface area contributed by atoms with Crippen LogP contribution in [-0.2, 0) is 0 Å². The van der Waals surface area contributed by atoms with E-state index >= 15 is 0 Å². The van der Waals surface area contributed by atoms with Gasteiger partial charge in [0.05, 0.1) is 0 Å². The summed E-state index contributed by atoms with van der Waals surface area (Å²) >= 11 is 2.05. The molecule has 0 saturated heterocycles. The van der Waals surface area contributed by atoms with Crippen molar-refractivity contribution in [3.8, 4) is 0 Å². The van der Waals surface area contributed by atoms with Crippen LogP contribution in [0.25, 0.3) is 0 Å². The van der Waals surface area contributed by atoms with Crippen molar-refractivity contribution in [1.82, 2.24) is 0 Å². The molecule has 0 aromatic carbocycles. The molecule has 0 atom stereocenters. The molecule has 0 amide bonds. The van der Waals surface area contributed by atoms with Crippen molar-refractivity contribution in [2.24, 2.45) is 5.41 Å². The molecule has 0 nitrogen and oxygen atoms in total. The number of allylic oxidation sites excluding steroid dienone is 5. The number of hydrogen-bond donors (Lipinski definition) is 0. The minimum absolute atomic E-state index is 0.238. The first kappa shape index (κ1) is 9.14. The lowest BCUT2D eigenvalue weighted by molar-refractivity contribution is 0.626. The fourth-order valence-corrected chi connectivity index (χ4v) is 2.66. The summed E-state index contributed by atoms with van der Waals surface area (Å²) in [6, 6.07) is 0. The maximum absolute atomic E-state index is 2.33. The molecule has 1 heterocycles. The van der Waals surface area contributed by atoms with Crippen LogP contribution in [0.5, 0.6) is 0 Å². The molecule has 0 saturated carbocycles. The fourth-order valence-electron chi connectivity index (χ4n) is 1.65. The third-order valence-electron chi connectivity index (χ3n) is 2.61. The van der Waals surface area contributed by atoms with Crippen LogP contribution < -0.4 is 0 Å². The van der Waals surface area contributed by atoms with Crippen molar-refractivity contribution in [3.05, 3.63) is 35.5 Å². The highest BCUT2D eigenvalue weighted by Gasteiger charge is 2.16. The Morgan fingerprint density at radius 3 is 2.62 bits per heavy atom. The third-order valence-corrected chi connectivity index (χ3v) is 3.62. The Kier molecular flexibility index (Phi) is 2.37. The lowest BCUT2D eigenvalue weighted by Gasteiger charge is -2.13. The van der Waals surface area contributed by atoms with Gasteiger partial charge in [-0.1, -0.05) is 38.2 Å². The predicted octanol–water partition coefficient (Wildman–Crippen LogP) is 3.57. The quantitative estimate of drug-likeness (QED) is 0.565. The second kappa shape index (κ2) is 3.38. The van der Waals surface area contributed by atoms with Crippen molar-refractivity contribution in [2.75, 3.05) is 11.5 Å². The van der Waals surface area contributed by atoms with Crippen LogP contribution in [0.3, 0.4) is 0 Å². The van der Waals surface area contributed by atoms with Crippen LogP contribution in [0.1, 0.15) is 20.3 Å². The minimum atomic E-state index is 0.238. The maximum Gasteiger partial charge on any atom is 0.0187 e. The summed E-state index contributed by atoms with van der Waals surface area (Å²) in [5.74, 6) is 2.49. The standard InChI is InChI=1S/C12H16S/c1-12(2)6-3-10-5-8-13-9-11(10)4-7-12/h3-4,6-7H,5,8-9H2,1-2H3. The Labute approximate surface area is 84.8 Å². The van der Waals surface area contributed by atoms with E-state index in [1.54, 1.807) is 5.57 Å². The summed E-state index contributed by atoms with van der Waals surface area (Å²) in [6.07, 6.45) is 10.5. The normalized spacial score (nSPS) is 25.7. The smallest absolute Gasteiger partial charge is 0.0187 e. The van der Waals surface area contributed by atoms with Crippen LogP contribution in [0, 0.1) is 5.41 Å². The second-order valence-electron chi connectivity index (χ2n) is 4.34. The molecule has 0 aromatic heterocycles. The summed E-state index contributed by atoms with van der Waals surface area (Å²) in [5, 5.41) is 0. The number of thioether (sulfide) groups is 1. The van der Waals surface area contributed by atoms with Crippen LogP contribution in [-0.4, -0.2) is 11.5 Å². The van der Waals surface area contributed by atoms with Gasteiger partial charge in [-0.05, 0) is 23.3 Å². The zero-order valence-electron chi connectivity index (χ0n) is 8.34. The Hall–Kier alpha value is -0.430. The van der Waals surface area contributed by atoms with Gasteiger partial charge >= 0.3 is 0 Å². The van der Waals surface area contributed by atoms with E-state index in [4.69, 9.17) is 0 Å². The van der Waals surface area contributed by atoms with Crippen molar-refractivity contribution < 1.29 is 0 Å². The molecule has 0 bridgehead atoms. The summed E-state index contributed by atoms with van der Waals surface area (Å²) in [7, 11) is 0. The van der Waals surface area contributed by atoms with Crippen LogP contribution >= 0.6 is 11.8 Å². The molecule has 1 aliphatic heterocycles. The highest BCUT2D eigenvalue weighted by molar-refractivity contribution is 7.99. The van der Waals surface area contributed by atoms with Gasteiger partial charge in [0, 0.05) is 11.2 Å². The molecule has 0 fully saturated rings. The van der Waals surface area contributed by atoms with Crippen LogP contribution in [0.15, 0.2) is 35.5 Å². The van der Waals surface area contributed by atoms with E-state index < -0.39 is 0 Å². The van der Waals surface area contributed by atoms with Crippen molar-refractivity contribution in [3.63, 3.8) is 0 Å². The number of rotatable bonds is 0. The van der Waals surface area contributed by atoms with Gasteiger partial charge in [0.25, 0.3) is 0 Å². The largest absolute Gasteiger partial charge is 0.157 e. The summed E-state index contributed by atoms with van der Waals surface area (Å²) in [6.45, 7) is 4.51. The second-order valence-corrected chi connectivity index (χ2v) is 5.45. The van der Waals surface area contributed by atoms with E-state index in [9.17, 15) is 0 Å². The maximum atomic E-state index is 2.33. The number of hydrogen-bond acceptors (Lipinski definition) is 1. The molecule has 13 heavy (non-hydrogen) atoms. The molecule has 0 N–H and O–H groups in total. The average molecular weight is 192 g/mol. The predicted molar refractivity (Wildman–Crippen MR) is 61.0 cm³/mol. The van der Waals surface area contributed by atoms with Crippen molar-refractivity contribution in [2.45, 2.75) is 20.3 Å². The Bertz CT molecular complexity index is 264. The van der Waals surface area contributed by atoms with Crippen LogP contribution in [0.2, 0.25) is 0 Å². The molecule has 0 radical (unpaired) electrons. The molecule has 1 aliphatic carbocycles. The first-order chi connectivity index (χ1) is 6.17. The fraction of sp³-hybridized carbons (Fsp3) is 0.500. The molecule has 2 aliphatic rings. The zero-order valence-corrected chi connectivity index (χ0v) is 9.16. The van der Waals surface area contributed by atoms with Gasteiger partial charge in [0.2, 0.25) is 0 Å². The molecular weight excluding hydrogens is 176 g/mol. The van der Waals surface area contributed by atoms with Gasteiger partial charge in [-0.3, -0.25) is 0 Å². The van der Waals surface area contributed by atoms with Gasteiger partial charge in [-0.15, -0.1) is 0 Å². The lowest BCUT2D eigenvalue weighted by atomic mass is 9.93. The monoisotopic (exact) mass is 192 g/mol. The Balaban J connectivity index is 2.32. The first-order valence-electron chi connectivity index (χ1n) is 4.86. The molecular formula is C12H16S. The molecule has 0 spiro atoms. The van der Waals surface area contributed by atoms with Gasteiger partial charge in [-0.25, -0.2) is 0 Å². The minimum Gasteiger partial charge on any atom is -0.157 e. The van der Waals surface area contributed by atoms with Crippen molar-refractivity contribution in [1.29, 1.82) is 0 Å². The lowest BCUT2D eigenvalue weighted by Crippen LogP contribution is -2.00. The summed E-state index contributed by atoms with van der Waals surface area (Å²) < 4.78 is 0. The summed E-state index contributed by atoms with van der Waals surface area (Å²) in [4.78, 5) is 0. The summed E-state index contributed by atoms with van der Waals surface area (Å²) in [5.41, 5.74) is 3.33. The SMILES string of the molecule is CC1(C)C=CC2=C(C=C1)CSCC2. The molecule has 0 unspecified atom stereocenters. The van der Waals surface area contributed by atoms with Crippen molar-refractivity contribution >= 4 is 11.8 Å². The van der Waals surface area contributed by atoms with Gasteiger partial charge in [0.1, 0.15) is 0 Å². The molecule has 1 heteroatoms. The van der Waals surface area contributed by atoms with E-state index in [1.165, 1.54) is 23.5 Å². The topological polar surface area (TPSA) is 0 Å². The Morgan fingerprint density at radius 1 is 1.15 bits per heavy atom. The van der Waals surface area contributed by atoms with E-state index in [-0.39, 0.29) is 5.41 Å². The van der Waals surface area contributed by atoms with Gasteiger partial charge in [0.15, 0.2) is 0 Å².